The van der Waals surface area contributed by atoms with E-state index in [1.54, 1.807) is 0 Å². The third kappa shape index (κ3) is 4.52. The second-order valence-corrected chi connectivity index (χ2v) is 6.17. The zero-order valence-corrected chi connectivity index (χ0v) is 12.0. The van der Waals surface area contributed by atoms with E-state index in [0.29, 0.717) is 0 Å². The molecular weight excluding hydrogens is 224 g/mol. The predicted octanol–water partition coefficient (Wildman–Crippen LogP) is 1.96. The summed E-state index contributed by atoms with van der Waals surface area (Å²) in [7, 11) is 0. The highest BCUT2D eigenvalue weighted by atomic mass is 16.3. The number of aliphatic hydroxyl groups excluding tert-OH is 1. The van der Waals surface area contributed by atoms with Crippen molar-refractivity contribution < 1.29 is 5.11 Å². The third-order valence-corrected chi connectivity index (χ3v) is 4.65. The lowest BCUT2D eigenvalue weighted by Gasteiger charge is -2.37. The number of piperazine rings is 1. The van der Waals surface area contributed by atoms with Crippen LogP contribution >= 0.6 is 0 Å². The lowest BCUT2D eigenvalue weighted by atomic mass is 9.89. The fraction of sp³-hybridized carbons (Fsp3) is 1.00. The van der Waals surface area contributed by atoms with E-state index < -0.39 is 0 Å². The van der Waals surface area contributed by atoms with Crippen molar-refractivity contribution in [3.05, 3.63) is 0 Å². The first-order chi connectivity index (χ1) is 8.78. The van der Waals surface area contributed by atoms with Crippen LogP contribution in [-0.2, 0) is 0 Å². The Hall–Kier alpha value is -0.120. The van der Waals surface area contributed by atoms with Crippen LogP contribution < -0.4 is 0 Å². The molecule has 106 valence electrons. The van der Waals surface area contributed by atoms with E-state index in [2.05, 4.69) is 16.7 Å². The Kier molecular flexibility index (Phi) is 5.93. The number of aliphatic hydroxyl groups is 1. The first-order valence-corrected chi connectivity index (χ1v) is 7.90. The SMILES string of the molecule is CC[C@@H](O)CN1CCN(CC2CCCCC2)CC1. The molecule has 0 bridgehead atoms. The Balaban J connectivity index is 1.63. The molecule has 0 amide bonds. The second-order valence-electron chi connectivity index (χ2n) is 6.17. The van der Waals surface area contributed by atoms with E-state index in [1.807, 2.05) is 0 Å². The Labute approximate surface area is 112 Å². The molecule has 1 atom stereocenters. The van der Waals surface area contributed by atoms with Gasteiger partial charge in [0.1, 0.15) is 0 Å². The Bertz CT molecular complexity index is 221. The third-order valence-electron chi connectivity index (χ3n) is 4.65. The monoisotopic (exact) mass is 254 g/mol. The molecule has 0 aromatic carbocycles. The summed E-state index contributed by atoms with van der Waals surface area (Å²) in [6.45, 7) is 8.94. The van der Waals surface area contributed by atoms with Crippen molar-refractivity contribution in [1.82, 2.24) is 9.80 Å². The van der Waals surface area contributed by atoms with Crippen LogP contribution in [0.2, 0.25) is 0 Å². The van der Waals surface area contributed by atoms with Crippen molar-refractivity contribution in [2.24, 2.45) is 5.92 Å². The highest BCUT2D eigenvalue weighted by molar-refractivity contribution is 4.77. The van der Waals surface area contributed by atoms with Gasteiger partial charge in [-0.2, -0.15) is 0 Å². The zero-order chi connectivity index (χ0) is 12.8. The van der Waals surface area contributed by atoms with Gasteiger partial charge >= 0.3 is 0 Å². The largest absolute Gasteiger partial charge is 0.392 e. The van der Waals surface area contributed by atoms with Crippen molar-refractivity contribution >= 4 is 0 Å². The van der Waals surface area contributed by atoms with Crippen molar-refractivity contribution in [3.63, 3.8) is 0 Å². The summed E-state index contributed by atoms with van der Waals surface area (Å²) >= 11 is 0. The van der Waals surface area contributed by atoms with Gasteiger partial charge < -0.3 is 10.0 Å². The van der Waals surface area contributed by atoms with E-state index in [0.717, 1.165) is 32.0 Å². The van der Waals surface area contributed by atoms with Crippen LogP contribution in [0.1, 0.15) is 45.4 Å². The number of nitrogens with zero attached hydrogens (tertiary/aromatic N) is 2. The minimum absolute atomic E-state index is 0.130. The van der Waals surface area contributed by atoms with Crippen LogP contribution in [0.25, 0.3) is 0 Å². The van der Waals surface area contributed by atoms with Crippen LogP contribution in [0.15, 0.2) is 0 Å². The van der Waals surface area contributed by atoms with Gasteiger partial charge in [-0.1, -0.05) is 26.2 Å². The maximum Gasteiger partial charge on any atom is 0.0664 e. The van der Waals surface area contributed by atoms with E-state index in [-0.39, 0.29) is 6.10 Å². The van der Waals surface area contributed by atoms with Gasteiger partial charge in [-0.25, -0.2) is 0 Å². The summed E-state index contributed by atoms with van der Waals surface area (Å²) < 4.78 is 0. The normalized spacial score (nSPS) is 26.3. The van der Waals surface area contributed by atoms with Crippen LogP contribution in [0.3, 0.4) is 0 Å². The molecule has 3 heteroatoms. The molecule has 1 saturated heterocycles. The van der Waals surface area contributed by atoms with E-state index in [1.165, 1.54) is 51.7 Å². The van der Waals surface area contributed by atoms with Crippen LogP contribution in [0, 0.1) is 5.92 Å². The summed E-state index contributed by atoms with van der Waals surface area (Å²) in [6.07, 6.45) is 8.01. The van der Waals surface area contributed by atoms with Gasteiger partial charge in [-0.15, -0.1) is 0 Å². The number of hydrogen-bond donors (Lipinski definition) is 1. The molecular formula is C15H30N2O. The van der Waals surface area contributed by atoms with Crippen LogP contribution in [-0.4, -0.2) is 60.3 Å². The number of β-amino-alcohol motifs (C(OH)–C–C–N with tert-alkyl or cyclic N) is 1. The van der Waals surface area contributed by atoms with Gasteiger partial charge in [0, 0.05) is 39.3 Å². The first kappa shape index (κ1) is 14.3. The summed E-state index contributed by atoms with van der Waals surface area (Å²) in [5.74, 6) is 0.964. The van der Waals surface area contributed by atoms with Gasteiger partial charge in [-0.3, -0.25) is 4.90 Å². The van der Waals surface area contributed by atoms with Gasteiger partial charge in [0.25, 0.3) is 0 Å². The van der Waals surface area contributed by atoms with E-state index in [9.17, 15) is 5.11 Å². The maximum atomic E-state index is 9.68. The minimum atomic E-state index is -0.130. The molecule has 0 unspecified atom stereocenters. The Morgan fingerprint density at radius 1 is 1.00 bits per heavy atom. The van der Waals surface area contributed by atoms with Gasteiger partial charge in [0.05, 0.1) is 6.10 Å². The number of hydrogen-bond acceptors (Lipinski definition) is 3. The van der Waals surface area contributed by atoms with Gasteiger partial charge in [-0.05, 0) is 25.2 Å². The topological polar surface area (TPSA) is 26.7 Å². The molecule has 1 saturated carbocycles. The fourth-order valence-electron chi connectivity index (χ4n) is 3.32. The van der Waals surface area contributed by atoms with Crippen molar-refractivity contribution in [2.45, 2.75) is 51.6 Å². The second kappa shape index (κ2) is 7.46. The predicted molar refractivity (Wildman–Crippen MR) is 75.8 cm³/mol. The van der Waals surface area contributed by atoms with Crippen molar-refractivity contribution in [3.8, 4) is 0 Å². The molecule has 1 N–H and O–H groups in total. The number of rotatable bonds is 5. The highest BCUT2D eigenvalue weighted by Crippen LogP contribution is 2.24. The highest BCUT2D eigenvalue weighted by Gasteiger charge is 2.22. The van der Waals surface area contributed by atoms with Gasteiger partial charge in [0.15, 0.2) is 0 Å². The quantitative estimate of drug-likeness (QED) is 0.812. The summed E-state index contributed by atoms with van der Waals surface area (Å²) in [6, 6.07) is 0. The Morgan fingerprint density at radius 2 is 1.61 bits per heavy atom. The molecule has 18 heavy (non-hydrogen) atoms. The molecule has 2 fully saturated rings. The van der Waals surface area contributed by atoms with Crippen LogP contribution in [0.4, 0.5) is 0 Å². The molecule has 1 heterocycles. The average molecular weight is 254 g/mol. The molecule has 0 aromatic heterocycles. The van der Waals surface area contributed by atoms with Crippen molar-refractivity contribution in [1.29, 1.82) is 0 Å². The maximum absolute atomic E-state index is 9.68. The minimum Gasteiger partial charge on any atom is -0.392 e. The Morgan fingerprint density at radius 3 is 2.22 bits per heavy atom. The fourth-order valence-corrected chi connectivity index (χ4v) is 3.32. The zero-order valence-electron chi connectivity index (χ0n) is 12.0. The molecule has 0 spiro atoms. The first-order valence-electron chi connectivity index (χ1n) is 7.90. The average Bonchev–Trinajstić information content (AvgIpc) is 2.42. The smallest absolute Gasteiger partial charge is 0.0664 e. The van der Waals surface area contributed by atoms with Crippen LogP contribution in [0.5, 0.6) is 0 Å². The lowest BCUT2D eigenvalue weighted by Crippen LogP contribution is -2.49. The molecule has 0 radical (unpaired) electrons. The summed E-state index contributed by atoms with van der Waals surface area (Å²) in [5.41, 5.74) is 0. The van der Waals surface area contributed by atoms with Crippen molar-refractivity contribution in [2.75, 3.05) is 39.3 Å². The molecule has 3 nitrogen and oxygen atoms in total. The molecule has 1 aliphatic heterocycles. The van der Waals surface area contributed by atoms with Gasteiger partial charge in [0.2, 0.25) is 0 Å². The standard InChI is InChI=1S/C15H30N2O/c1-2-15(18)13-17-10-8-16(9-11-17)12-14-6-4-3-5-7-14/h14-15,18H,2-13H2,1H3/t15-/m1/s1. The van der Waals surface area contributed by atoms with E-state index in [4.69, 9.17) is 0 Å². The molecule has 0 aromatic rings. The lowest BCUT2D eigenvalue weighted by molar-refractivity contribution is 0.0630. The molecule has 1 aliphatic carbocycles. The summed E-state index contributed by atoms with van der Waals surface area (Å²) in [5, 5.41) is 9.68. The molecule has 2 rings (SSSR count). The van der Waals surface area contributed by atoms with E-state index >= 15 is 0 Å². The summed E-state index contributed by atoms with van der Waals surface area (Å²) in [4.78, 5) is 5.07. The molecule has 2 aliphatic rings.